The molecule has 8 heteroatoms. The molecular weight excluding hydrogens is 316 g/mol. The molecule has 2 aromatic rings. The van der Waals surface area contributed by atoms with E-state index in [-0.39, 0.29) is 17.5 Å². The fraction of sp³-hybridized carbons (Fsp3) is 0.333. The number of carbonyl (C=O) groups excluding carboxylic acids is 1. The van der Waals surface area contributed by atoms with E-state index >= 15 is 0 Å². The van der Waals surface area contributed by atoms with Gasteiger partial charge in [-0.3, -0.25) is 10.00 Å². The molecule has 1 aliphatic rings. The Balaban J connectivity index is 1.66. The third kappa shape index (κ3) is 3.70. The Morgan fingerprint density at radius 1 is 1.30 bits per heavy atom. The van der Waals surface area contributed by atoms with Gasteiger partial charge in [-0.1, -0.05) is 30.3 Å². The average Bonchev–Trinajstić information content (AvgIpc) is 3.02. The smallest absolute Gasteiger partial charge is 0.320 e. The van der Waals surface area contributed by atoms with E-state index in [1.807, 2.05) is 30.3 Å². The molecule has 7 nitrogen and oxygen atoms in total. The van der Waals surface area contributed by atoms with E-state index in [2.05, 4.69) is 15.7 Å². The molecule has 0 saturated carbocycles. The SMILES string of the molecule is Cn1nc(NC(=O)NC2CCS(=O)(=O)C2)cc1-c1ccccc1. The summed E-state index contributed by atoms with van der Waals surface area (Å²) < 4.78 is 24.5. The number of aromatic nitrogens is 2. The van der Waals surface area contributed by atoms with Crippen molar-refractivity contribution in [1.29, 1.82) is 0 Å². The maximum Gasteiger partial charge on any atom is 0.320 e. The first-order chi connectivity index (χ1) is 10.9. The van der Waals surface area contributed by atoms with Crippen molar-refractivity contribution in [3.8, 4) is 11.3 Å². The second-order valence-electron chi connectivity index (χ2n) is 5.60. The van der Waals surface area contributed by atoms with Gasteiger partial charge in [0.15, 0.2) is 15.7 Å². The summed E-state index contributed by atoms with van der Waals surface area (Å²) in [6.07, 6.45) is 0.452. The monoisotopic (exact) mass is 334 g/mol. The van der Waals surface area contributed by atoms with Crippen molar-refractivity contribution in [3.05, 3.63) is 36.4 Å². The van der Waals surface area contributed by atoms with E-state index < -0.39 is 15.9 Å². The molecule has 1 unspecified atom stereocenters. The van der Waals surface area contributed by atoms with Gasteiger partial charge in [-0.25, -0.2) is 13.2 Å². The number of benzene rings is 1. The number of carbonyl (C=O) groups is 1. The lowest BCUT2D eigenvalue weighted by molar-refractivity contribution is 0.249. The van der Waals surface area contributed by atoms with Gasteiger partial charge in [0.1, 0.15) is 0 Å². The molecule has 1 aromatic heterocycles. The maximum atomic E-state index is 12.0. The number of hydrogen-bond acceptors (Lipinski definition) is 4. The van der Waals surface area contributed by atoms with Crippen LogP contribution in [0.4, 0.5) is 10.6 Å². The summed E-state index contributed by atoms with van der Waals surface area (Å²) in [6.45, 7) is 0. The molecule has 2 amide bonds. The molecule has 1 aliphatic heterocycles. The van der Waals surface area contributed by atoms with Crippen LogP contribution >= 0.6 is 0 Å². The largest absolute Gasteiger partial charge is 0.334 e. The van der Waals surface area contributed by atoms with Crippen LogP contribution in [0.25, 0.3) is 11.3 Å². The number of rotatable bonds is 3. The molecule has 2 N–H and O–H groups in total. The van der Waals surface area contributed by atoms with Crippen LogP contribution in [0.5, 0.6) is 0 Å². The van der Waals surface area contributed by atoms with E-state index in [4.69, 9.17) is 0 Å². The van der Waals surface area contributed by atoms with Crippen molar-refractivity contribution in [2.24, 2.45) is 7.05 Å². The highest BCUT2D eigenvalue weighted by molar-refractivity contribution is 7.91. The topological polar surface area (TPSA) is 93.1 Å². The molecule has 0 aliphatic carbocycles. The molecule has 23 heavy (non-hydrogen) atoms. The number of urea groups is 1. The quantitative estimate of drug-likeness (QED) is 0.887. The fourth-order valence-electron chi connectivity index (χ4n) is 2.65. The standard InChI is InChI=1S/C15H18N4O3S/c1-19-13(11-5-3-2-4-6-11)9-14(18-19)17-15(20)16-12-7-8-23(21,22)10-12/h2-6,9,12H,7-8,10H2,1H3,(H2,16,17,18,20). The predicted octanol–water partition coefficient (Wildman–Crippen LogP) is 1.40. The molecule has 0 spiro atoms. The third-order valence-corrected chi connectivity index (χ3v) is 5.53. The zero-order valence-electron chi connectivity index (χ0n) is 12.7. The predicted molar refractivity (Wildman–Crippen MR) is 87.9 cm³/mol. The van der Waals surface area contributed by atoms with E-state index in [0.29, 0.717) is 12.2 Å². The summed E-state index contributed by atoms with van der Waals surface area (Å²) in [4.78, 5) is 12.0. The van der Waals surface area contributed by atoms with Gasteiger partial charge in [0.05, 0.1) is 17.2 Å². The van der Waals surface area contributed by atoms with Crippen molar-refractivity contribution in [2.75, 3.05) is 16.8 Å². The van der Waals surface area contributed by atoms with Crippen molar-refractivity contribution < 1.29 is 13.2 Å². The van der Waals surface area contributed by atoms with Crippen molar-refractivity contribution in [3.63, 3.8) is 0 Å². The second-order valence-corrected chi connectivity index (χ2v) is 7.83. The number of nitrogens with one attached hydrogen (secondary N) is 2. The Morgan fingerprint density at radius 3 is 2.70 bits per heavy atom. The van der Waals surface area contributed by atoms with Gasteiger partial charge in [-0.2, -0.15) is 5.10 Å². The van der Waals surface area contributed by atoms with E-state index in [1.165, 1.54) is 0 Å². The molecule has 1 atom stereocenters. The highest BCUT2D eigenvalue weighted by Crippen LogP contribution is 2.21. The average molecular weight is 334 g/mol. The van der Waals surface area contributed by atoms with Crippen LogP contribution in [0.3, 0.4) is 0 Å². The van der Waals surface area contributed by atoms with Crippen LogP contribution in [-0.4, -0.2) is 41.8 Å². The number of amides is 2. The van der Waals surface area contributed by atoms with Crippen molar-refractivity contribution >= 4 is 21.7 Å². The van der Waals surface area contributed by atoms with Crippen LogP contribution < -0.4 is 10.6 Å². The minimum atomic E-state index is -3.01. The number of sulfone groups is 1. The summed E-state index contributed by atoms with van der Waals surface area (Å²) in [6, 6.07) is 10.7. The molecule has 1 saturated heterocycles. The summed E-state index contributed by atoms with van der Waals surface area (Å²) in [5, 5.41) is 9.58. The van der Waals surface area contributed by atoms with Gasteiger partial charge in [0.25, 0.3) is 0 Å². The molecule has 3 rings (SSSR count). The maximum absolute atomic E-state index is 12.0. The minimum absolute atomic E-state index is 0.00208. The van der Waals surface area contributed by atoms with Gasteiger partial charge in [0, 0.05) is 19.2 Å². The van der Waals surface area contributed by atoms with Crippen LogP contribution in [0.2, 0.25) is 0 Å². The first-order valence-electron chi connectivity index (χ1n) is 7.30. The summed E-state index contributed by atoms with van der Waals surface area (Å²) >= 11 is 0. The van der Waals surface area contributed by atoms with Crippen LogP contribution in [0.1, 0.15) is 6.42 Å². The number of hydrogen-bond donors (Lipinski definition) is 2. The normalized spacial score (nSPS) is 19.4. The first-order valence-corrected chi connectivity index (χ1v) is 9.12. The number of aryl methyl sites for hydroxylation is 1. The van der Waals surface area contributed by atoms with Gasteiger partial charge in [-0.15, -0.1) is 0 Å². The highest BCUT2D eigenvalue weighted by Gasteiger charge is 2.29. The van der Waals surface area contributed by atoms with Crippen LogP contribution in [-0.2, 0) is 16.9 Å². The molecular formula is C15H18N4O3S. The Labute approximate surface area is 134 Å². The Hall–Kier alpha value is -2.35. The van der Waals surface area contributed by atoms with E-state index in [0.717, 1.165) is 11.3 Å². The highest BCUT2D eigenvalue weighted by atomic mass is 32.2. The van der Waals surface area contributed by atoms with Crippen molar-refractivity contribution in [2.45, 2.75) is 12.5 Å². The van der Waals surface area contributed by atoms with Gasteiger partial charge < -0.3 is 5.32 Å². The zero-order chi connectivity index (χ0) is 16.4. The minimum Gasteiger partial charge on any atom is -0.334 e. The fourth-order valence-corrected chi connectivity index (χ4v) is 4.33. The van der Waals surface area contributed by atoms with Gasteiger partial charge >= 0.3 is 6.03 Å². The lowest BCUT2D eigenvalue weighted by Gasteiger charge is -2.10. The Morgan fingerprint density at radius 2 is 2.04 bits per heavy atom. The molecule has 0 radical (unpaired) electrons. The summed E-state index contributed by atoms with van der Waals surface area (Å²) in [7, 11) is -1.21. The molecule has 0 bridgehead atoms. The Bertz CT molecular complexity index is 815. The van der Waals surface area contributed by atoms with Gasteiger partial charge in [0.2, 0.25) is 0 Å². The molecule has 122 valence electrons. The zero-order valence-corrected chi connectivity index (χ0v) is 13.5. The first kappa shape index (κ1) is 15.5. The summed E-state index contributed by atoms with van der Waals surface area (Å²) in [5.74, 6) is 0.544. The summed E-state index contributed by atoms with van der Waals surface area (Å²) in [5.41, 5.74) is 1.88. The third-order valence-electron chi connectivity index (χ3n) is 3.76. The van der Waals surface area contributed by atoms with Gasteiger partial charge in [-0.05, 0) is 12.0 Å². The molecule has 2 heterocycles. The lowest BCUT2D eigenvalue weighted by atomic mass is 10.1. The lowest BCUT2D eigenvalue weighted by Crippen LogP contribution is -2.38. The Kier molecular flexibility index (Phi) is 4.08. The van der Waals surface area contributed by atoms with Crippen molar-refractivity contribution in [1.82, 2.24) is 15.1 Å². The van der Waals surface area contributed by atoms with Crippen LogP contribution in [0.15, 0.2) is 36.4 Å². The van der Waals surface area contributed by atoms with E-state index in [9.17, 15) is 13.2 Å². The van der Waals surface area contributed by atoms with Crippen LogP contribution in [0, 0.1) is 0 Å². The molecule has 1 fully saturated rings. The molecule has 1 aromatic carbocycles. The number of nitrogens with zero attached hydrogens (tertiary/aromatic N) is 2. The number of anilines is 1. The van der Waals surface area contributed by atoms with E-state index in [1.54, 1.807) is 17.8 Å². The second kappa shape index (κ2) is 6.04.